The predicted octanol–water partition coefficient (Wildman–Crippen LogP) is 11.9. The molecule has 0 spiro atoms. The van der Waals surface area contributed by atoms with Gasteiger partial charge < -0.3 is 9.97 Å². The topological polar surface area (TPSA) is 25.8 Å². The smallest absolute Gasteiger partial charge is 0.0629 e. The summed E-state index contributed by atoms with van der Waals surface area (Å²) in [4.78, 5) is 8.81. The summed E-state index contributed by atoms with van der Waals surface area (Å²) in [5, 5.41) is 0. The maximum atomic E-state index is 8.43. The third-order valence-corrected chi connectivity index (χ3v) is 6.89. The number of aryl methyl sites for hydroxylation is 1. The summed E-state index contributed by atoms with van der Waals surface area (Å²) in [6.07, 6.45) is 0.0447. The second-order valence-corrected chi connectivity index (χ2v) is 13.3. The summed E-state index contributed by atoms with van der Waals surface area (Å²) >= 11 is 0. The van der Waals surface area contributed by atoms with Gasteiger partial charge in [-0.05, 0) is 68.8 Å². The van der Waals surface area contributed by atoms with Crippen LogP contribution in [0.3, 0.4) is 0 Å². The van der Waals surface area contributed by atoms with Crippen LogP contribution in [0.2, 0.25) is 0 Å². The van der Waals surface area contributed by atoms with Crippen LogP contribution in [0.15, 0.2) is 128 Å². The SMILES string of the molecule is [2H]C([2H])([2H])c1c[c-]c(-c2ccc(C([2H])([2H])C(C)(C)C)cn2)cc1-c1ccccc1.[2H]c1cc(C([2H])([2H])C(C)(C)C)cc([2H])c1-c1ccnc(-c2[c-]cccc2)c1.[Ir]. The quantitative estimate of drug-likeness (QED) is 0.157. The molecule has 0 atom stereocenters. The van der Waals surface area contributed by atoms with Gasteiger partial charge in [-0.3, -0.25) is 0 Å². The van der Waals surface area contributed by atoms with Crippen LogP contribution in [-0.4, -0.2) is 9.97 Å². The molecule has 6 aromatic rings. The first kappa shape index (κ1) is 25.8. The average Bonchev–Trinajstić information content (AvgIpc) is 3.14. The Labute approximate surface area is 314 Å². The molecule has 2 aromatic heterocycles. The van der Waals surface area contributed by atoms with E-state index in [4.69, 9.17) is 12.3 Å². The number of rotatable bonds is 6. The molecule has 0 fully saturated rings. The molecule has 2 nitrogen and oxygen atoms in total. The molecule has 1 radical (unpaired) electrons. The maximum Gasteiger partial charge on any atom is 0.0629 e. The van der Waals surface area contributed by atoms with Gasteiger partial charge in [0.15, 0.2) is 0 Å². The van der Waals surface area contributed by atoms with Gasteiger partial charge in [0.2, 0.25) is 0 Å². The Hall–Kier alpha value is -4.17. The molecule has 6 rings (SSSR count). The van der Waals surface area contributed by atoms with E-state index in [0.29, 0.717) is 33.5 Å². The Morgan fingerprint density at radius 3 is 2.00 bits per heavy atom. The van der Waals surface area contributed by atoms with Crippen molar-refractivity contribution in [2.75, 3.05) is 0 Å². The van der Waals surface area contributed by atoms with E-state index < -0.39 is 30.4 Å². The summed E-state index contributed by atoms with van der Waals surface area (Å²) in [5.74, 6) is 0. The van der Waals surface area contributed by atoms with Crippen LogP contribution in [0.4, 0.5) is 0 Å². The first-order valence-electron chi connectivity index (χ1n) is 20.2. The monoisotopic (exact) mass is 816 g/mol. The summed E-state index contributed by atoms with van der Waals surface area (Å²) in [6, 6.07) is 36.8. The van der Waals surface area contributed by atoms with E-state index >= 15 is 0 Å². The molecule has 0 saturated carbocycles. The number of nitrogens with zero attached hydrogens (tertiary/aromatic N) is 2. The van der Waals surface area contributed by atoms with Crippen molar-refractivity contribution in [1.82, 2.24) is 9.97 Å². The van der Waals surface area contributed by atoms with E-state index in [2.05, 4.69) is 22.1 Å². The Kier molecular flexibility index (Phi) is 8.75. The number of hydrogen-bond donors (Lipinski definition) is 0. The summed E-state index contributed by atoms with van der Waals surface area (Å²) in [5.41, 5.74) is 5.39. The Balaban J connectivity index is 0.000000249. The zero-order valence-corrected chi connectivity index (χ0v) is 30.6. The number of aromatic nitrogens is 2. The minimum atomic E-state index is -2.25. The van der Waals surface area contributed by atoms with Crippen LogP contribution < -0.4 is 0 Å². The fraction of sp³-hybridized carbons (Fsp3) is 0.244. The van der Waals surface area contributed by atoms with Gasteiger partial charge in [0, 0.05) is 42.1 Å². The molecular formula is C45H46IrN2-2. The summed E-state index contributed by atoms with van der Waals surface area (Å²) < 4.78 is 74.0. The fourth-order valence-corrected chi connectivity index (χ4v) is 4.90. The summed E-state index contributed by atoms with van der Waals surface area (Å²) in [6.45, 7) is 8.77. The predicted molar refractivity (Wildman–Crippen MR) is 199 cm³/mol. The fourth-order valence-electron chi connectivity index (χ4n) is 4.90. The second kappa shape index (κ2) is 16.3. The molecule has 247 valence electrons. The summed E-state index contributed by atoms with van der Waals surface area (Å²) in [7, 11) is 0. The molecule has 3 heteroatoms. The Morgan fingerprint density at radius 2 is 1.38 bits per heavy atom. The van der Waals surface area contributed by atoms with E-state index in [1.807, 2.05) is 102 Å². The van der Waals surface area contributed by atoms with Gasteiger partial charge in [0.1, 0.15) is 0 Å². The van der Waals surface area contributed by atoms with E-state index in [-0.39, 0.29) is 37.8 Å². The molecule has 0 unspecified atom stereocenters. The Bertz CT molecular complexity index is 2260. The molecule has 2 heterocycles. The van der Waals surface area contributed by atoms with Crippen molar-refractivity contribution < 1.29 is 32.4 Å². The van der Waals surface area contributed by atoms with Crippen LogP contribution in [0, 0.1) is 29.8 Å². The van der Waals surface area contributed by atoms with Gasteiger partial charge in [-0.25, -0.2) is 0 Å². The van der Waals surface area contributed by atoms with E-state index in [9.17, 15) is 0 Å². The van der Waals surface area contributed by atoms with Crippen molar-refractivity contribution in [2.45, 2.75) is 61.1 Å². The minimum absolute atomic E-state index is 0. The van der Waals surface area contributed by atoms with Gasteiger partial charge in [-0.15, -0.1) is 65.2 Å². The maximum absolute atomic E-state index is 8.43. The van der Waals surface area contributed by atoms with Crippen molar-refractivity contribution in [3.05, 3.63) is 156 Å². The van der Waals surface area contributed by atoms with Crippen molar-refractivity contribution in [1.29, 1.82) is 0 Å². The molecule has 48 heavy (non-hydrogen) atoms. The van der Waals surface area contributed by atoms with Gasteiger partial charge in [-0.1, -0.05) is 127 Å². The third-order valence-electron chi connectivity index (χ3n) is 6.89. The number of hydrogen-bond acceptors (Lipinski definition) is 2. The van der Waals surface area contributed by atoms with Crippen molar-refractivity contribution in [3.63, 3.8) is 0 Å². The van der Waals surface area contributed by atoms with Gasteiger partial charge in [-0.2, -0.15) is 0 Å². The van der Waals surface area contributed by atoms with Crippen LogP contribution >= 0.6 is 0 Å². The number of benzene rings is 4. The number of pyridine rings is 2. The largest absolute Gasteiger partial charge is 0.305 e. The van der Waals surface area contributed by atoms with Crippen molar-refractivity contribution in [3.8, 4) is 44.8 Å². The molecule has 0 aliphatic rings. The molecule has 0 N–H and O–H groups in total. The molecular weight excluding hydrogens is 761 g/mol. The molecule has 0 aliphatic carbocycles. The van der Waals surface area contributed by atoms with Crippen molar-refractivity contribution >= 4 is 0 Å². The zero-order chi connectivity index (χ0) is 41.3. The molecule has 0 saturated heterocycles. The van der Waals surface area contributed by atoms with E-state index in [0.717, 1.165) is 22.4 Å². The van der Waals surface area contributed by atoms with Gasteiger partial charge in [0.05, 0.1) is 2.74 Å². The van der Waals surface area contributed by atoms with Crippen LogP contribution in [0.1, 0.15) is 70.6 Å². The van der Waals surface area contributed by atoms with Crippen LogP contribution in [0.5, 0.6) is 0 Å². The first-order valence-corrected chi connectivity index (χ1v) is 15.7. The van der Waals surface area contributed by atoms with Crippen LogP contribution in [-0.2, 0) is 32.9 Å². The molecule has 0 bridgehead atoms. The molecule has 0 aliphatic heterocycles. The minimum Gasteiger partial charge on any atom is -0.305 e. The molecule has 0 amide bonds. The Morgan fingerprint density at radius 1 is 0.667 bits per heavy atom. The van der Waals surface area contributed by atoms with Crippen molar-refractivity contribution in [2.24, 2.45) is 10.8 Å². The third kappa shape index (κ3) is 10.7. The van der Waals surface area contributed by atoms with E-state index in [1.165, 1.54) is 18.2 Å². The average molecular weight is 816 g/mol. The van der Waals surface area contributed by atoms with E-state index in [1.54, 1.807) is 36.7 Å². The second-order valence-electron chi connectivity index (χ2n) is 13.3. The van der Waals surface area contributed by atoms with Crippen LogP contribution in [0.25, 0.3) is 44.8 Å². The normalized spacial score (nSPS) is 14.8. The standard InChI is InChI=1S/C23H24N.C22H22N.Ir/c1-17-10-12-20(14-21(17)19-8-6-5-7-9-19)22-13-11-18(16-24-22)15-23(2,3)4;1-22(2,3)16-17-9-11-18(12-10-17)20-13-14-23-21(15-20)19-7-5-4-6-8-19;/h5-11,13-14,16H,15H2,1-4H3;4-7,9-15H,16H2,1-3H3;/q2*-1;/i1D3,15D2;11D,12D,16D2;. The molecule has 4 aromatic carbocycles. The van der Waals surface area contributed by atoms with Gasteiger partial charge in [0.25, 0.3) is 0 Å². The first-order chi connectivity index (χ1) is 26.0. The zero-order valence-electron chi connectivity index (χ0n) is 37.2. The van der Waals surface area contributed by atoms with Gasteiger partial charge >= 0.3 is 0 Å².